The Bertz CT molecular complexity index is 325. The van der Waals surface area contributed by atoms with Crippen molar-refractivity contribution in [3.63, 3.8) is 0 Å². The molecule has 21 heavy (non-hydrogen) atoms. The molecular formula is C17H33NO3. The summed E-state index contributed by atoms with van der Waals surface area (Å²) in [6, 6.07) is 0. The van der Waals surface area contributed by atoms with Crippen LogP contribution in [0.4, 0.5) is 0 Å². The second-order valence-electron chi connectivity index (χ2n) is 7.87. The molecule has 1 fully saturated rings. The van der Waals surface area contributed by atoms with Crippen molar-refractivity contribution in [2.45, 2.75) is 65.4 Å². The lowest BCUT2D eigenvalue weighted by Crippen LogP contribution is -2.44. The van der Waals surface area contributed by atoms with Crippen LogP contribution in [0.25, 0.3) is 0 Å². The van der Waals surface area contributed by atoms with Gasteiger partial charge in [0.25, 0.3) is 0 Å². The first-order chi connectivity index (χ1) is 9.65. The van der Waals surface area contributed by atoms with Gasteiger partial charge in [-0.15, -0.1) is 0 Å². The van der Waals surface area contributed by atoms with Crippen LogP contribution in [0.2, 0.25) is 0 Å². The molecular weight excluding hydrogens is 266 g/mol. The molecule has 1 unspecified atom stereocenters. The summed E-state index contributed by atoms with van der Waals surface area (Å²) in [6.45, 7) is 9.39. The Morgan fingerprint density at radius 1 is 1.19 bits per heavy atom. The topological polar surface area (TPSA) is 58.6 Å². The number of hydrogen-bond donors (Lipinski definition) is 2. The zero-order valence-corrected chi connectivity index (χ0v) is 14.4. The lowest BCUT2D eigenvalue weighted by molar-refractivity contribution is -0.127. The van der Waals surface area contributed by atoms with Crippen molar-refractivity contribution in [2.24, 2.45) is 17.3 Å². The number of carbonyl (C=O) groups is 1. The molecule has 0 aromatic carbocycles. The van der Waals surface area contributed by atoms with Gasteiger partial charge in [0.05, 0.1) is 5.60 Å². The van der Waals surface area contributed by atoms with E-state index in [0.717, 1.165) is 25.7 Å². The minimum absolute atomic E-state index is 0.0973. The van der Waals surface area contributed by atoms with Crippen LogP contribution in [0.15, 0.2) is 0 Å². The highest BCUT2D eigenvalue weighted by molar-refractivity contribution is 5.78. The van der Waals surface area contributed by atoms with Gasteiger partial charge in [0.15, 0.2) is 0 Å². The van der Waals surface area contributed by atoms with Crippen molar-refractivity contribution in [3.05, 3.63) is 0 Å². The molecule has 0 aromatic rings. The van der Waals surface area contributed by atoms with E-state index >= 15 is 0 Å². The Morgan fingerprint density at radius 3 is 2.24 bits per heavy atom. The van der Waals surface area contributed by atoms with Crippen molar-refractivity contribution in [1.82, 2.24) is 5.32 Å². The Hall–Kier alpha value is -0.610. The molecule has 1 saturated carbocycles. The van der Waals surface area contributed by atoms with Crippen LogP contribution in [-0.2, 0) is 9.53 Å². The number of methoxy groups -OCH3 is 1. The largest absolute Gasteiger partial charge is 0.388 e. The van der Waals surface area contributed by atoms with Crippen LogP contribution < -0.4 is 5.32 Å². The lowest BCUT2D eigenvalue weighted by Gasteiger charge is -2.36. The summed E-state index contributed by atoms with van der Waals surface area (Å²) in [5, 5.41) is 13.1. The molecule has 1 amide bonds. The van der Waals surface area contributed by atoms with E-state index in [0.29, 0.717) is 30.9 Å². The van der Waals surface area contributed by atoms with Gasteiger partial charge in [-0.1, -0.05) is 20.8 Å². The van der Waals surface area contributed by atoms with Crippen molar-refractivity contribution >= 4 is 5.91 Å². The first-order valence-corrected chi connectivity index (χ1v) is 8.15. The average molecular weight is 299 g/mol. The molecule has 0 aromatic heterocycles. The van der Waals surface area contributed by atoms with Gasteiger partial charge >= 0.3 is 0 Å². The SMILES string of the molecule is COCCC(C)(O)CNC(=O)C1CCC(C(C)(C)C)CC1. The Morgan fingerprint density at radius 2 is 1.76 bits per heavy atom. The van der Waals surface area contributed by atoms with Crippen molar-refractivity contribution in [3.8, 4) is 0 Å². The number of amides is 1. The van der Waals surface area contributed by atoms with Gasteiger partial charge in [-0.3, -0.25) is 4.79 Å². The zero-order chi connectivity index (χ0) is 16.1. The van der Waals surface area contributed by atoms with Crippen LogP contribution in [0.3, 0.4) is 0 Å². The van der Waals surface area contributed by atoms with E-state index < -0.39 is 5.60 Å². The number of ether oxygens (including phenoxy) is 1. The van der Waals surface area contributed by atoms with Crippen LogP contribution in [0, 0.1) is 17.3 Å². The first kappa shape index (κ1) is 18.4. The molecule has 1 atom stereocenters. The summed E-state index contributed by atoms with van der Waals surface area (Å²) < 4.78 is 4.97. The second kappa shape index (κ2) is 7.59. The molecule has 0 radical (unpaired) electrons. The second-order valence-corrected chi connectivity index (χ2v) is 7.87. The molecule has 4 heteroatoms. The highest BCUT2D eigenvalue weighted by Crippen LogP contribution is 2.39. The highest BCUT2D eigenvalue weighted by atomic mass is 16.5. The van der Waals surface area contributed by atoms with Crippen molar-refractivity contribution in [2.75, 3.05) is 20.3 Å². The summed E-state index contributed by atoms with van der Waals surface area (Å²) in [7, 11) is 1.61. The highest BCUT2D eigenvalue weighted by Gasteiger charge is 2.32. The van der Waals surface area contributed by atoms with Crippen LogP contribution in [-0.4, -0.2) is 36.9 Å². The molecule has 1 rings (SSSR count). The maximum atomic E-state index is 12.2. The minimum atomic E-state index is -0.895. The third kappa shape index (κ3) is 6.35. The minimum Gasteiger partial charge on any atom is -0.388 e. The number of rotatable bonds is 6. The maximum absolute atomic E-state index is 12.2. The van der Waals surface area contributed by atoms with Gasteiger partial charge < -0.3 is 15.2 Å². The third-order valence-electron chi connectivity index (χ3n) is 4.81. The molecule has 1 aliphatic rings. The Balaban J connectivity index is 2.34. The number of hydrogen-bond acceptors (Lipinski definition) is 3. The summed E-state index contributed by atoms with van der Waals surface area (Å²) in [5.41, 5.74) is -0.556. The maximum Gasteiger partial charge on any atom is 0.223 e. The lowest BCUT2D eigenvalue weighted by atomic mass is 9.69. The molecule has 2 N–H and O–H groups in total. The molecule has 0 spiro atoms. The molecule has 4 nitrogen and oxygen atoms in total. The van der Waals surface area contributed by atoms with E-state index in [9.17, 15) is 9.90 Å². The monoisotopic (exact) mass is 299 g/mol. The third-order valence-corrected chi connectivity index (χ3v) is 4.81. The number of nitrogens with one attached hydrogen (secondary N) is 1. The predicted molar refractivity (Wildman–Crippen MR) is 85.0 cm³/mol. The van der Waals surface area contributed by atoms with E-state index in [1.165, 1.54) is 0 Å². The number of aliphatic hydroxyl groups is 1. The Kier molecular flexibility index (Phi) is 6.67. The normalized spacial score (nSPS) is 26.2. The standard InChI is InChI=1S/C17H33NO3/c1-16(2,3)14-8-6-13(7-9-14)15(19)18-12-17(4,20)10-11-21-5/h13-14,20H,6-12H2,1-5H3,(H,18,19). The fourth-order valence-corrected chi connectivity index (χ4v) is 3.05. The fraction of sp³-hybridized carbons (Fsp3) is 0.941. The van der Waals surface area contributed by atoms with E-state index in [-0.39, 0.29) is 11.8 Å². The van der Waals surface area contributed by atoms with E-state index in [4.69, 9.17) is 4.74 Å². The quantitative estimate of drug-likeness (QED) is 0.793. The average Bonchev–Trinajstić information content (AvgIpc) is 2.42. The summed E-state index contributed by atoms with van der Waals surface area (Å²) >= 11 is 0. The van der Waals surface area contributed by atoms with Crippen LogP contribution >= 0.6 is 0 Å². The van der Waals surface area contributed by atoms with Crippen molar-refractivity contribution in [1.29, 1.82) is 0 Å². The zero-order valence-electron chi connectivity index (χ0n) is 14.4. The molecule has 0 heterocycles. The first-order valence-electron chi connectivity index (χ1n) is 8.15. The van der Waals surface area contributed by atoms with E-state index in [1.807, 2.05) is 0 Å². The number of carbonyl (C=O) groups excluding carboxylic acids is 1. The molecule has 0 aliphatic heterocycles. The summed E-state index contributed by atoms with van der Waals surface area (Å²) in [6.07, 6.45) is 4.71. The van der Waals surface area contributed by atoms with Crippen molar-refractivity contribution < 1.29 is 14.6 Å². The smallest absolute Gasteiger partial charge is 0.223 e. The van der Waals surface area contributed by atoms with Gasteiger partial charge in [0, 0.05) is 32.6 Å². The Labute approximate surface area is 129 Å². The molecule has 0 saturated heterocycles. The summed E-state index contributed by atoms with van der Waals surface area (Å²) in [4.78, 5) is 12.2. The molecule has 0 bridgehead atoms. The summed E-state index contributed by atoms with van der Waals surface area (Å²) in [5.74, 6) is 0.924. The van der Waals surface area contributed by atoms with Crippen LogP contribution in [0.1, 0.15) is 59.8 Å². The van der Waals surface area contributed by atoms with E-state index in [2.05, 4.69) is 26.1 Å². The van der Waals surface area contributed by atoms with Gasteiger partial charge in [0.1, 0.15) is 0 Å². The van der Waals surface area contributed by atoms with Gasteiger partial charge in [-0.25, -0.2) is 0 Å². The van der Waals surface area contributed by atoms with Gasteiger partial charge in [-0.05, 0) is 43.9 Å². The van der Waals surface area contributed by atoms with Gasteiger partial charge in [-0.2, -0.15) is 0 Å². The molecule has 124 valence electrons. The predicted octanol–water partition coefficient (Wildman–Crippen LogP) is 2.74. The van der Waals surface area contributed by atoms with E-state index in [1.54, 1.807) is 14.0 Å². The van der Waals surface area contributed by atoms with Crippen LogP contribution in [0.5, 0.6) is 0 Å². The molecule has 1 aliphatic carbocycles. The van der Waals surface area contributed by atoms with Gasteiger partial charge in [0.2, 0.25) is 5.91 Å². The fourth-order valence-electron chi connectivity index (χ4n) is 3.05.